The van der Waals surface area contributed by atoms with E-state index in [1.54, 1.807) is 0 Å². The number of rotatable bonds is 6. The van der Waals surface area contributed by atoms with Crippen LogP contribution in [0.3, 0.4) is 0 Å². The Bertz CT molecular complexity index is 589. The summed E-state index contributed by atoms with van der Waals surface area (Å²) in [6, 6.07) is 1.19. The Morgan fingerprint density at radius 3 is 2.62 bits per heavy atom. The lowest BCUT2D eigenvalue weighted by Crippen LogP contribution is -2.40. The maximum Gasteiger partial charge on any atom is 0.345 e. The fourth-order valence-corrected chi connectivity index (χ4v) is 4.74. The quantitative estimate of drug-likeness (QED) is 0.789. The first-order valence-corrected chi connectivity index (χ1v) is 8.81. The molecule has 0 bridgehead atoms. The van der Waals surface area contributed by atoms with Crippen LogP contribution < -0.4 is 0 Å². The maximum absolute atomic E-state index is 12.4. The number of ether oxygens (including phenoxy) is 1. The second-order valence-electron chi connectivity index (χ2n) is 4.65. The van der Waals surface area contributed by atoms with Crippen LogP contribution in [0.5, 0.6) is 0 Å². The number of aliphatic hydroxyl groups is 1. The topological polar surface area (TPSA) is 104 Å². The van der Waals surface area contributed by atoms with E-state index in [1.807, 2.05) is 0 Å². The van der Waals surface area contributed by atoms with Gasteiger partial charge in [0, 0.05) is 18.5 Å². The molecule has 2 N–H and O–H groups in total. The first kappa shape index (κ1) is 16.4. The van der Waals surface area contributed by atoms with Crippen molar-refractivity contribution in [2.75, 3.05) is 26.3 Å². The molecule has 118 valence electrons. The third-order valence-electron chi connectivity index (χ3n) is 3.27. The lowest BCUT2D eigenvalue weighted by atomic mass is 10.1. The van der Waals surface area contributed by atoms with Gasteiger partial charge in [-0.1, -0.05) is 0 Å². The fourth-order valence-electron chi connectivity index (χ4n) is 2.17. The molecule has 1 aromatic rings. The summed E-state index contributed by atoms with van der Waals surface area (Å²) < 4.78 is 31.5. The molecule has 0 saturated carbocycles. The van der Waals surface area contributed by atoms with Crippen molar-refractivity contribution in [1.29, 1.82) is 0 Å². The van der Waals surface area contributed by atoms with E-state index in [0.29, 0.717) is 25.9 Å². The summed E-state index contributed by atoms with van der Waals surface area (Å²) in [5, 5.41) is 18.9. The predicted molar refractivity (Wildman–Crippen MR) is 76.1 cm³/mol. The number of nitrogens with zero attached hydrogens (tertiary/aromatic N) is 1. The molecular weight excluding hydrogens is 318 g/mol. The Morgan fingerprint density at radius 2 is 2.10 bits per heavy atom. The molecule has 9 heteroatoms. The van der Waals surface area contributed by atoms with E-state index in [1.165, 1.54) is 15.8 Å². The van der Waals surface area contributed by atoms with Crippen molar-refractivity contribution < 1.29 is 28.2 Å². The van der Waals surface area contributed by atoms with Crippen LogP contribution in [0.15, 0.2) is 16.3 Å². The van der Waals surface area contributed by atoms with Crippen LogP contribution in [0.1, 0.15) is 22.5 Å². The minimum atomic E-state index is -3.64. The molecule has 0 radical (unpaired) electrons. The van der Waals surface area contributed by atoms with Crippen molar-refractivity contribution in [3.63, 3.8) is 0 Å². The van der Waals surface area contributed by atoms with E-state index >= 15 is 0 Å². The number of hydrogen-bond donors (Lipinski definition) is 2. The van der Waals surface area contributed by atoms with Crippen molar-refractivity contribution >= 4 is 27.3 Å². The van der Waals surface area contributed by atoms with E-state index in [-0.39, 0.29) is 29.1 Å². The Morgan fingerprint density at radius 1 is 1.43 bits per heavy atom. The second kappa shape index (κ2) is 6.84. The highest BCUT2D eigenvalue weighted by atomic mass is 32.2. The summed E-state index contributed by atoms with van der Waals surface area (Å²) in [6.45, 7) is 0.864. The SMILES string of the molecule is O=C(O)c1cc(S(=O)(=O)N2CCC(OCCO)CC2)cs1. The number of piperidine rings is 1. The lowest BCUT2D eigenvalue weighted by molar-refractivity contribution is 0.00319. The largest absolute Gasteiger partial charge is 0.477 e. The van der Waals surface area contributed by atoms with Crippen LogP contribution in [-0.2, 0) is 14.8 Å². The van der Waals surface area contributed by atoms with E-state index in [9.17, 15) is 13.2 Å². The number of sulfonamides is 1. The molecular formula is C12H17NO6S2. The van der Waals surface area contributed by atoms with Crippen LogP contribution in [-0.4, -0.2) is 61.3 Å². The van der Waals surface area contributed by atoms with Gasteiger partial charge in [-0.15, -0.1) is 11.3 Å². The lowest BCUT2D eigenvalue weighted by Gasteiger charge is -2.30. The average molecular weight is 335 g/mol. The van der Waals surface area contributed by atoms with Crippen LogP contribution >= 0.6 is 11.3 Å². The Labute approximate surface area is 126 Å². The first-order valence-electron chi connectivity index (χ1n) is 6.49. The highest BCUT2D eigenvalue weighted by Gasteiger charge is 2.30. The molecule has 1 saturated heterocycles. The molecule has 1 aliphatic rings. The van der Waals surface area contributed by atoms with Crippen molar-refractivity contribution in [2.24, 2.45) is 0 Å². The van der Waals surface area contributed by atoms with Gasteiger partial charge in [-0.2, -0.15) is 4.31 Å². The monoisotopic (exact) mass is 335 g/mol. The van der Waals surface area contributed by atoms with Gasteiger partial charge in [-0.05, 0) is 18.9 Å². The summed E-state index contributed by atoms with van der Waals surface area (Å²) in [7, 11) is -3.64. The fraction of sp³-hybridized carbons (Fsp3) is 0.583. The zero-order valence-corrected chi connectivity index (χ0v) is 12.9. The Balaban J connectivity index is 2.02. The number of carboxylic acids is 1. The average Bonchev–Trinajstić information content (AvgIpc) is 2.96. The van der Waals surface area contributed by atoms with Gasteiger partial charge in [0.05, 0.1) is 24.2 Å². The summed E-state index contributed by atoms with van der Waals surface area (Å²) in [4.78, 5) is 10.9. The molecule has 0 spiro atoms. The predicted octanol–water partition coefficient (Wildman–Crippen LogP) is 0.608. The van der Waals surface area contributed by atoms with Gasteiger partial charge in [0.2, 0.25) is 10.0 Å². The third-order valence-corrected chi connectivity index (χ3v) is 6.21. The second-order valence-corrected chi connectivity index (χ2v) is 7.50. The molecule has 1 aliphatic heterocycles. The van der Waals surface area contributed by atoms with Gasteiger partial charge in [-0.25, -0.2) is 13.2 Å². The third kappa shape index (κ3) is 3.80. The molecule has 0 amide bonds. The number of carboxylic acid groups (broad SMARTS) is 1. The van der Waals surface area contributed by atoms with Crippen molar-refractivity contribution in [1.82, 2.24) is 4.31 Å². The van der Waals surface area contributed by atoms with Crippen LogP contribution in [0.2, 0.25) is 0 Å². The Kier molecular flexibility index (Phi) is 5.33. The number of aliphatic hydroxyl groups excluding tert-OH is 1. The molecule has 0 aliphatic carbocycles. The highest BCUT2D eigenvalue weighted by Crippen LogP contribution is 2.25. The van der Waals surface area contributed by atoms with Gasteiger partial charge >= 0.3 is 5.97 Å². The summed E-state index contributed by atoms with van der Waals surface area (Å²) in [5.41, 5.74) is 0. The van der Waals surface area contributed by atoms with Gasteiger partial charge in [-0.3, -0.25) is 0 Å². The molecule has 0 atom stereocenters. The van der Waals surface area contributed by atoms with E-state index < -0.39 is 16.0 Å². The van der Waals surface area contributed by atoms with Gasteiger partial charge in [0.1, 0.15) is 4.88 Å². The maximum atomic E-state index is 12.4. The number of thiophene rings is 1. The minimum absolute atomic E-state index is 0.00902. The molecule has 21 heavy (non-hydrogen) atoms. The van der Waals surface area contributed by atoms with Crippen LogP contribution in [0, 0.1) is 0 Å². The first-order chi connectivity index (χ1) is 9.95. The molecule has 2 heterocycles. The summed E-state index contributed by atoms with van der Waals surface area (Å²) in [6.07, 6.45) is 1.09. The zero-order chi connectivity index (χ0) is 15.5. The Hall–Kier alpha value is -1.00. The van der Waals surface area contributed by atoms with Crippen molar-refractivity contribution in [3.05, 3.63) is 16.3 Å². The standard InChI is InChI=1S/C12H17NO6S2/c14-5-6-19-9-1-3-13(4-2-9)21(17,18)10-7-11(12(15)16)20-8-10/h7-9,14H,1-6H2,(H,15,16). The van der Waals surface area contributed by atoms with Crippen LogP contribution in [0.25, 0.3) is 0 Å². The van der Waals surface area contributed by atoms with E-state index in [4.69, 9.17) is 14.9 Å². The molecule has 2 rings (SSSR count). The summed E-state index contributed by atoms with van der Waals surface area (Å²) >= 11 is 0.902. The molecule has 0 aromatic carbocycles. The number of carbonyl (C=O) groups is 1. The molecule has 1 aromatic heterocycles. The summed E-state index contributed by atoms with van der Waals surface area (Å²) in [5.74, 6) is -1.13. The minimum Gasteiger partial charge on any atom is -0.477 e. The van der Waals surface area contributed by atoms with Crippen molar-refractivity contribution in [2.45, 2.75) is 23.8 Å². The van der Waals surface area contributed by atoms with Gasteiger partial charge in [0.15, 0.2) is 0 Å². The van der Waals surface area contributed by atoms with Crippen LogP contribution in [0.4, 0.5) is 0 Å². The van der Waals surface area contributed by atoms with E-state index in [0.717, 1.165) is 11.3 Å². The van der Waals surface area contributed by atoms with Gasteiger partial charge in [0.25, 0.3) is 0 Å². The van der Waals surface area contributed by atoms with Crippen molar-refractivity contribution in [3.8, 4) is 0 Å². The molecule has 1 fully saturated rings. The van der Waals surface area contributed by atoms with Gasteiger partial charge < -0.3 is 14.9 Å². The number of aromatic carboxylic acids is 1. The van der Waals surface area contributed by atoms with E-state index in [2.05, 4.69) is 0 Å². The highest BCUT2D eigenvalue weighted by molar-refractivity contribution is 7.89. The smallest absolute Gasteiger partial charge is 0.345 e. The number of hydrogen-bond acceptors (Lipinski definition) is 6. The molecule has 0 unspecified atom stereocenters. The zero-order valence-electron chi connectivity index (χ0n) is 11.3. The molecule has 7 nitrogen and oxygen atoms in total. The normalized spacial score (nSPS) is 18.0.